The Hall–Kier alpha value is -2.01. The standard InChI is InChI=1S/C14H11BrN4/c1-10-12(15)4-2-5-13(10)19-9-11(8-18-19)14-16-6-3-7-17-14/h2-9H,1H3. The van der Waals surface area contributed by atoms with Gasteiger partial charge in [-0.2, -0.15) is 5.10 Å². The Labute approximate surface area is 119 Å². The van der Waals surface area contributed by atoms with Crippen molar-refractivity contribution in [2.24, 2.45) is 0 Å². The van der Waals surface area contributed by atoms with Crippen molar-refractivity contribution in [3.05, 3.63) is 59.1 Å². The first-order valence-electron chi connectivity index (χ1n) is 5.83. The quantitative estimate of drug-likeness (QED) is 0.728. The SMILES string of the molecule is Cc1c(Br)cccc1-n1cc(-c2ncccn2)cn1. The molecule has 0 amide bonds. The van der Waals surface area contributed by atoms with Gasteiger partial charge in [0.1, 0.15) is 0 Å². The summed E-state index contributed by atoms with van der Waals surface area (Å²) in [6.07, 6.45) is 7.16. The number of rotatable bonds is 2. The summed E-state index contributed by atoms with van der Waals surface area (Å²) < 4.78 is 2.91. The van der Waals surface area contributed by atoms with Gasteiger partial charge in [-0.25, -0.2) is 14.6 Å². The molecular formula is C14H11BrN4. The minimum Gasteiger partial charge on any atom is -0.240 e. The summed E-state index contributed by atoms with van der Waals surface area (Å²) >= 11 is 3.53. The van der Waals surface area contributed by atoms with Crippen molar-refractivity contribution in [2.75, 3.05) is 0 Å². The van der Waals surface area contributed by atoms with Crippen LogP contribution in [0.3, 0.4) is 0 Å². The zero-order valence-electron chi connectivity index (χ0n) is 10.3. The van der Waals surface area contributed by atoms with Gasteiger partial charge in [0.2, 0.25) is 0 Å². The van der Waals surface area contributed by atoms with Crippen LogP contribution in [0.15, 0.2) is 53.5 Å². The van der Waals surface area contributed by atoms with Crippen molar-refractivity contribution < 1.29 is 0 Å². The highest BCUT2D eigenvalue weighted by Gasteiger charge is 2.08. The second-order valence-electron chi connectivity index (χ2n) is 4.13. The van der Waals surface area contributed by atoms with Crippen LogP contribution in [0.2, 0.25) is 0 Å². The Balaban J connectivity index is 2.05. The third-order valence-electron chi connectivity index (χ3n) is 2.89. The number of nitrogens with zero attached hydrogens (tertiary/aromatic N) is 4. The van der Waals surface area contributed by atoms with Crippen LogP contribution in [0, 0.1) is 6.92 Å². The van der Waals surface area contributed by atoms with Crippen molar-refractivity contribution in [2.45, 2.75) is 6.92 Å². The molecule has 0 unspecified atom stereocenters. The largest absolute Gasteiger partial charge is 0.240 e. The van der Waals surface area contributed by atoms with Gasteiger partial charge >= 0.3 is 0 Å². The number of aromatic nitrogens is 4. The lowest BCUT2D eigenvalue weighted by atomic mass is 10.2. The maximum absolute atomic E-state index is 4.38. The van der Waals surface area contributed by atoms with Gasteiger partial charge < -0.3 is 0 Å². The minimum atomic E-state index is 0.682. The third-order valence-corrected chi connectivity index (χ3v) is 3.75. The molecule has 0 fully saturated rings. The van der Waals surface area contributed by atoms with Crippen molar-refractivity contribution in [1.82, 2.24) is 19.7 Å². The molecule has 4 nitrogen and oxygen atoms in total. The predicted molar refractivity (Wildman–Crippen MR) is 77.0 cm³/mol. The Morgan fingerprint density at radius 1 is 1.11 bits per heavy atom. The molecule has 1 aromatic carbocycles. The molecule has 3 rings (SSSR count). The lowest BCUT2D eigenvalue weighted by Crippen LogP contribution is -1.97. The Bertz CT molecular complexity index is 706. The Morgan fingerprint density at radius 2 is 1.89 bits per heavy atom. The molecule has 0 saturated heterocycles. The molecular weight excluding hydrogens is 304 g/mol. The monoisotopic (exact) mass is 314 g/mol. The molecule has 0 aliphatic heterocycles. The predicted octanol–water partition coefficient (Wildman–Crippen LogP) is 3.40. The van der Waals surface area contributed by atoms with Gasteiger partial charge in [-0.15, -0.1) is 0 Å². The van der Waals surface area contributed by atoms with E-state index in [4.69, 9.17) is 0 Å². The highest BCUT2D eigenvalue weighted by molar-refractivity contribution is 9.10. The highest BCUT2D eigenvalue weighted by atomic mass is 79.9. The van der Waals surface area contributed by atoms with Gasteiger partial charge in [0.15, 0.2) is 5.82 Å². The lowest BCUT2D eigenvalue weighted by molar-refractivity contribution is 0.871. The third kappa shape index (κ3) is 2.29. The summed E-state index contributed by atoms with van der Waals surface area (Å²) in [7, 11) is 0. The van der Waals surface area contributed by atoms with Crippen LogP contribution in [0.4, 0.5) is 0 Å². The van der Waals surface area contributed by atoms with E-state index in [1.807, 2.05) is 29.1 Å². The van der Waals surface area contributed by atoms with Crippen LogP contribution in [-0.4, -0.2) is 19.7 Å². The van der Waals surface area contributed by atoms with E-state index in [-0.39, 0.29) is 0 Å². The lowest BCUT2D eigenvalue weighted by Gasteiger charge is -2.06. The number of benzene rings is 1. The molecule has 3 aromatic rings. The Kier molecular flexibility index (Phi) is 3.13. The van der Waals surface area contributed by atoms with Crippen molar-refractivity contribution >= 4 is 15.9 Å². The van der Waals surface area contributed by atoms with Gasteiger partial charge in [0.05, 0.1) is 17.4 Å². The maximum Gasteiger partial charge on any atom is 0.162 e. The normalized spacial score (nSPS) is 10.6. The minimum absolute atomic E-state index is 0.682. The second-order valence-corrected chi connectivity index (χ2v) is 4.98. The number of hydrogen-bond acceptors (Lipinski definition) is 3. The molecule has 94 valence electrons. The van der Waals surface area contributed by atoms with Crippen LogP contribution >= 0.6 is 15.9 Å². The van der Waals surface area contributed by atoms with Gasteiger partial charge in [-0.3, -0.25) is 0 Å². The van der Waals surface area contributed by atoms with E-state index in [9.17, 15) is 0 Å². The first kappa shape index (κ1) is 12.0. The highest BCUT2D eigenvalue weighted by Crippen LogP contribution is 2.23. The number of halogens is 1. The molecule has 0 atom stereocenters. The zero-order valence-corrected chi connectivity index (χ0v) is 11.9. The van der Waals surface area contributed by atoms with Crippen LogP contribution in [-0.2, 0) is 0 Å². The molecule has 19 heavy (non-hydrogen) atoms. The Morgan fingerprint density at radius 3 is 2.68 bits per heavy atom. The van der Waals surface area contributed by atoms with E-state index in [2.05, 4.69) is 37.9 Å². The van der Waals surface area contributed by atoms with Crippen LogP contribution in [0.5, 0.6) is 0 Å². The van der Waals surface area contributed by atoms with E-state index in [0.717, 1.165) is 21.3 Å². The van der Waals surface area contributed by atoms with Crippen LogP contribution in [0.25, 0.3) is 17.1 Å². The molecule has 2 aromatic heterocycles. The molecule has 0 aliphatic rings. The number of hydrogen-bond donors (Lipinski definition) is 0. The van der Waals surface area contributed by atoms with Gasteiger partial charge in [-0.05, 0) is 30.7 Å². The molecule has 0 radical (unpaired) electrons. The van der Waals surface area contributed by atoms with Crippen molar-refractivity contribution in [3.8, 4) is 17.1 Å². The van der Waals surface area contributed by atoms with E-state index in [0.29, 0.717) is 5.82 Å². The summed E-state index contributed by atoms with van der Waals surface area (Å²) in [5.41, 5.74) is 3.09. The first-order valence-corrected chi connectivity index (χ1v) is 6.62. The summed E-state index contributed by atoms with van der Waals surface area (Å²) in [5.74, 6) is 0.682. The molecule has 0 N–H and O–H groups in total. The summed E-state index contributed by atoms with van der Waals surface area (Å²) in [5, 5.41) is 4.38. The molecule has 0 spiro atoms. The van der Waals surface area contributed by atoms with Crippen LogP contribution < -0.4 is 0 Å². The van der Waals surface area contributed by atoms with Gasteiger partial charge in [-0.1, -0.05) is 22.0 Å². The fourth-order valence-electron chi connectivity index (χ4n) is 1.86. The van der Waals surface area contributed by atoms with Gasteiger partial charge in [0, 0.05) is 23.1 Å². The van der Waals surface area contributed by atoms with E-state index in [1.165, 1.54) is 0 Å². The van der Waals surface area contributed by atoms with E-state index < -0.39 is 0 Å². The maximum atomic E-state index is 4.38. The van der Waals surface area contributed by atoms with Crippen LogP contribution in [0.1, 0.15) is 5.56 Å². The van der Waals surface area contributed by atoms with E-state index in [1.54, 1.807) is 24.7 Å². The van der Waals surface area contributed by atoms with Crippen molar-refractivity contribution in [3.63, 3.8) is 0 Å². The molecule has 0 bridgehead atoms. The molecule has 5 heteroatoms. The van der Waals surface area contributed by atoms with Gasteiger partial charge in [0.25, 0.3) is 0 Å². The molecule has 0 saturated carbocycles. The topological polar surface area (TPSA) is 43.6 Å². The van der Waals surface area contributed by atoms with Crippen molar-refractivity contribution in [1.29, 1.82) is 0 Å². The first-order chi connectivity index (χ1) is 9.25. The second kappa shape index (κ2) is 4.93. The smallest absolute Gasteiger partial charge is 0.162 e. The average Bonchev–Trinajstić information content (AvgIpc) is 2.92. The summed E-state index contributed by atoms with van der Waals surface area (Å²) in [6, 6.07) is 7.84. The summed E-state index contributed by atoms with van der Waals surface area (Å²) in [4.78, 5) is 8.44. The average molecular weight is 315 g/mol. The van der Waals surface area contributed by atoms with E-state index >= 15 is 0 Å². The fraction of sp³-hybridized carbons (Fsp3) is 0.0714. The zero-order chi connectivity index (χ0) is 13.2. The summed E-state index contributed by atoms with van der Waals surface area (Å²) in [6.45, 7) is 2.06. The fourth-order valence-corrected chi connectivity index (χ4v) is 2.22. The molecule has 0 aliphatic carbocycles. The molecule has 2 heterocycles.